The molecule has 2 rings (SSSR count). The highest BCUT2D eigenvalue weighted by atomic mass is 16.5. The summed E-state index contributed by atoms with van der Waals surface area (Å²) in [5.74, 6) is -0.707. The summed E-state index contributed by atoms with van der Waals surface area (Å²) in [6, 6.07) is 10.1. The molecule has 0 aliphatic rings. The van der Waals surface area contributed by atoms with Gasteiger partial charge < -0.3 is 15.0 Å². The number of benzene rings is 1. The third kappa shape index (κ3) is 6.54. The highest BCUT2D eigenvalue weighted by Gasteiger charge is 2.12. The number of carbonyl (C=O) groups is 3. The lowest BCUT2D eigenvalue weighted by Gasteiger charge is -2.20. The minimum absolute atomic E-state index is 0.0987. The third-order valence-electron chi connectivity index (χ3n) is 3.86. The van der Waals surface area contributed by atoms with Gasteiger partial charge in [-0.15, -0.1) is 0 Å². The molecule has 0 fully saturated rings. The van der Waals surface area contributed by atoms with E-state index < -0.39 is 5.97 Å². The Labute approximate surface area is 158 Å². The molecule has 0 saturated heterocycles. The molecule has 1 N–H and O–H groups in total. The summed E-state index contributed by atoms with van der Waals surface area (Å²) in [4.78, 5) is 41.1. The third-order valence-corrected chi connectivity index (χ3v) is 3.86. The molecule has 1 aromatic heterocycles. The summed E-state index contributed by atoms with van der Waals surface area (Å²) in [6.07, 6.45) is 3.50. The summed E-state index contributed by atoms with van der Waals surface area (Å²) < 4.78 is 4.92. The monoisotopic (exact) mass is 369 g/mol. The summed E-state index contributed by atoms with van der Waals surface area (Å²) in [7, 11) is 0. The van der Waals surface area contributed by atoms with Crippen molar-refractivity contribution in [3.63, 3.8) is 0 Å². The van der Waals surface area contributed by atoms with Crippen molar-refractivity contribution >= 4 is 23.5 Å². The lowest BCUT2D eigenvalue weighted by molar-refractivity contribution is -0.129. The van der Waals surface area contributed by atoms with Gasteiger partial charge in [0.1, 0.15) is 0 Å². The van der Waals surface area contributed by atoms with Gasteiger partial charge in [0.05, 0.1) is 12.2 Å². The summed E-state index contributed by atoms with van der Waals surface area (Å²) >= 11 is 0. The van der Waals surface area contributed by atoms with Gasteiger partial charge in [-0.1, -0.05) is 0 Å². The molecule has 27 heavy (non-hydrogen) atoms. The number of amides is 2. The van der Waals surface area contributed by atoms with E-state index in [1.807, 2.05) is 12.1 Å². The Morgan fingerprint density at radius 3 is 2.33 bits per heavy atom. The standard InChI is InChI=1S/C20H23N3O4/c1-3-27-20(26)17-4-6-18(7-5-17)22-19(25)10-13-23(15(2)24)14-16-8-11-21-12-9-16/h4-9,11-12H,3,10,13-14H2,1-2H3,(H,22,25). The first-order valence-electron chi connectivity index (χ1n) is 8.71. The zero-order chi connectivity index (χ0) is 19.6. The molecule has 0 aliphatic heterocycles. The SMILES string of the molecule is CCOC(=O)c1ccc(NC(=O)CCN(Cc2ccncc2)C(C)=O)cc1. The fourth-order valence-corrected chi connectivity index (χ4v) is 2.42. The number of anilines is 1. The largest absolute Gasteiger partial charge is 0.462 e. The van der Waals surface area contributed by atoms with Crippen LogP contribution in [-0.2, 0) is 20.9 Å². The van der Waals surface area contributed by atoms with Crippen molar-refractivity contribution in [1.82, 2.24) is 9.88 Å². The van der Waals surface area contributed by atoms with Crippen molar-refractivity contribution in [2.24, 2.45) is 0 Å². The van der Waals surface area contributed by atoms with Crippen LogP contribution in [0.15, 0.2) is 48.8 Å². The van der Waals surface area contributed by atoms with Gasteiger partial charge in [0.15, 0.2) is 0 Å². The predicted molar refractivity (Wildman–Crippen MR) is 101 cm³/mol. The molecule has 0 atom stereocenters. The molecule has 0 unspecified atom stereocenters. The van der Waals surface area contributed by atoms with Crippen molar-refractivity contribution in [3.05, 3.63) is 59.9 Å². The number of carbonyl (C=O) groups excluding carboxylic acids is 3. The highest BCUT2D eigenvalue weighted by Crippen LogP contribution is 2.11. The number of nitrogens with zero attached hydrogens (tertiary/aromatic N) is 2. The van der Waals surface area contributed by atoms with Crippen LogP contribution in [0.5, 0.6) is 0 Å². The molecular formula is C20H23N3O4. The average molecular weight is 369 g/mol. The maximum absolute atomic E-state index is 12.2. The summed E-state index contributed by atoms with van der Waals surface area (Å²) in [6.45, 7) is 4.27. The molecule has 1 aromatic carbocycles. The van der Waals surface area contributed by atoms with Crippen molar-refractivity contribution in [1.29, 1.82) is 0 Å². The normalized spacial score (nSPS) is 10.1. The van der Waals surface area contributed by atoms with E-state index in [-0.39, 0.29) is 18.2 Å². The zero-order valence-electron chi connectivity index (χ0n) is 15.5. The van der Waals surface area contributed by atoms with Gasteiger partial charge in [-0.2, -0.15) is 0 Å². The maximum atomic E-state index is 12.2. The smallest absolute Gasteiger partial charge is 0.338 e. The van der Waals surface area contributed by atoms with Gasteiger partial charge in [0.2, 0.25) is 11.8 Å². The maximum Gasteiger partial charge on any atom is 0.338 e. The highest BCUT2D eigenvalue weighted by molar-refractivity contribution is 5.93. The van der Waals surface area contributed by atoms with Crippen LogP contribution < -0.4 is 5.32 Å². The summed E-state index contributed by atoms with van der Waals surface area (Å²) in [5, 5.41) is 2.76. The van der Waals surface area contributed by atoms with Crippen LogP contribution in [0, 0.1) is 0 Å². The first kappa shape index (κ1) is 20.1. The molecule has 0 spiro atoms. The second-order valence-corrected chi connectivity index (χ2v) is 5.89. The van der Waals surface area contributed by atoms with Crippen LogP contribution in [0.2, 0.25) is 0 Å². The van der Waals surface area contributed by atoms with Crippen LogP contribution in [-0.4, -0.2) is 40.8 Å². The average Bonchev–Trinajstić information content (AvgIpc) is 2.66. The number of ether oxygens (including phenoxy) is 1. The second kappa shape index (κ2) is 10.1. The molecule has 2 aromatic rings. The molecule has 0 saturated carbocycles. The molecule has 2 amide bonds. The first-order valence-corrected chi connectivity index (χ1v) is 8.71. The molecule has 142 valence electrons. The molecule has 0 bridgehead atoms. The number of esters is 1. The number of aromatic nitrogens is 1. The molecule has 1 heterocycles. The number of hydrogen-bond donors (Lipinski definition) is 1. The number of rotatable bonds is 8. The minimum atomic E-state index is -0.399. The molecule has 0 aliphatic carbocycles. The lowest BCUT2D eigenvalue weighted by Crippen LogP contribution is -2.31. The van der Waals surface area contributed by atoms with E-state index in [1.54, 1.807) is 48.5 Å². The number of nitrogens with one attached hydrogen (secondary N) is 1. The van der Waals surface area contributed by atoms with Crippen molar-refractivity contribution in [2.75, 3.05) is 18.5 Å². The quantitative estimate of drug-likeness (QED) is 0.723. The number of hydrogen-bond acceptors (Lipinski definition) is 5. The second-order valence-electron chi connectivity index (χ2n) is 5.89. The number of pyridine rings is 1. The predicted octanol–water partition coefficient (Wildman–Crippen LogP) is 2.64. The Bertz CT molecular complexity index is 776. The van der Waals surface area contributed by atoms with Crippen molar-refractivity contribution in [2.45, 2.75) is 26.8 Å². The summed E-state index contributed by atoms with van der Waals surface area (Å²) in [5.41, 5.74) is 1.96. The van der Waals surface area contributed by atoms with Crippen LogP contribution in [0.25, 0.3) is 0 Å². The van der Waals surface area contributed by atoms with Gasteiger partial charge in [-0.25, -0.2) is 4.79 Å². The minimum Gasteiger partial charge on any atom is -0.462 e. The fraction of sp³-hybridized carbons (Fsp3) is 0.300. The van der Waals surface area contributed by atoms with E-state index in [1.165, 1.54) is 6.92 Å². The molecule has 7 nitrogen and oxygen atoms in total. The van der Waals surface area contributed by atoms with Crippen LogP contribution in [0.4, 0.5) is 5.69 Å². The molecule has 7 heteroatoms. The van der Waals surface area contributed by atoms with E-state index in [9.17, 15) is 14.4 Å². The van der Waals surface area contributed by atoms with Gasteiger partial charge in [0.25, 0.3) is 0 Å². The molecule has 0 radical (unpaired) electrons. The van der Waals surface area contributed by atoms with Crippen LogP contribution >= 0.6 is 0 Å². The lowest BCUT2D eigenvalue weighted by atomic mass is 10.2. The Kier molecular flexibility index (Phi) is 7.49. The van der Waals surface area contributed by atoms with Gasteiger partial charge in [-0.3, -0.25) is 14.6 Å². The van der Waals surface area contributed by atoms with E-state index in [2.05, 4.69) is 10.3 Å². The van der Waals surface area contributed by atoms with E-state index in [0.29, 0.717) is 30.9 Å². The van der Waals surface area contributed by atoms with Gasteiger partial charge >= 0.3 is 5.97 Å². The van der Waals surface area contributed by atoms with Crippen molar-refractivity contribution < 1.29 is 19.1 Å². The van der Waals surface area contributed by atoms with E-state index >= 15 is 0 Å². The van der Waals surface area contributed by atoms with E-state index in [0.717, 1.165) is 5.56 Å². The zero-order valence-corrected chi connectivity index (χ0v) is 15.5. The van der Waals surface area contributed by atoms with Crippen molar-refractivity contribution in [3.8, 4) is 0 Å². The molecular weight excluding hydrogens is 346 g/mol. The fourth-order valence-electron chi connectivity index (χ4n) is 2.42. The van der Waals surface area contributed by atoms with Crippen LogP contribution in [0.3, 0.4) is 0 Å². The Balaban J connectivity index is 1.86. The first-order chi connectivity index (χ1) is 13.0. The Morgan fingerprint density at radius 1 is 1.07 bits per heavy atom. The van der Waals surface area contributed by atoms with Gasteiger partial charge in [-0.05, 0) is 48.9 Å². The van der Waals surface area contributed by atoms with Gasteiger partial charge in [0, 0.05) is 44.5 Å². The topological polar surface area (TPSA) is 88.6 Å². The van der Waals surface area contributed by atoms with Crippen LogP contribution in [0.1, 0.15) is 36.2 Å². The Hall–Kier alpha value is -3.22. The Morgan fingerprint density at radius 2 is 1.74 bits per heavy atom. The van der Waals surface area contributed by atoms with E-state index in [4.69, 9.17) is 4.74 Å².